The van der Waals surface area contributed by atoms with Crippen molar-refractivity contribution in [1.82, 2.24) is 0 Å². The van der Waals surface area contributed by atoms with Crippen LogP contribution in [0.4, 0.5) is 0 Å². The van der Waals surface area contributed by atoms with Crippen molar-refractivity contribution in [2.75, 3.05) is 13.2 Å². The second-order valence-electron chi connectivity index (χ2n) is 10.2. The summed E-state index contributed by atoms with van der Waals surface area (Å²) >= 11 is 0. The van der Waals surface area contributed by atoms with Gasteiger partial charge in [-0.25, -0.2) is 0 Å². The summed E-state index contributed by atoms with van der Waals surface area (Å²) in [5, 5.41) is 0. The molecule has 150 valence electrons. The van der Waals surface area contributed by atoms with Crippen molar-refractivity contribution < 1.29 is 19.0 Å². The van der Waals surface area contributed by atoms with Crippen LogP contribution in [-0.4, -0.2) is 31.1 Å². The van der Waals surface area contributed by atoms with Gasteiger partial charge in [-0.1, -0.05) is 19.9 Å². The molecule has 0 aromatic heterocycles. The molecule has 5 unspecified atom stereocenters. The molecule has 0 bridgehead atoms. The Hall–Kier alpha value is -0.870. The molecule has 0 N–H and O–H groups in total. The lowest BCUT2D eigenvalue weighted by atomic mass is 9.46. The van der Waals surface area contributed by atoms with Gasteiger partial charge in [-0.2, -0.15) is 0 Å². The molecule has 1 spiro atoms. The fourth-order valence-corrected chi connectivity index (χ4v) is 7.96. The normalized spacial score (nSPS) is 50.1. The van der Waals surface area contributed by atoms with Gasteiger partial charge in [-0.15, -0.1) is 0 Å². The smallest absolute Gasteiger partial charge is 0.303 e. The summed E-state index contributed by atoms with van der Waals surface area (Å²) < 4.78 is 18.0. The van der Waals surface area contributed by atoms with E-state index >= 15 is 0 Å². The van der Waals surface area contributed by atoms with Crippen molar-refractivity contribution in [2.24, 2.45) is 34.5 Å². The molecular weight excluding hydrogens is 340 g/mol. The van der Waals surface area contributed by atoms with Gasteiger partial charge in [0, 0.05) is 18.8 Å². The molecule has 27 heavy (non-hydrogen) atoms. The Labute approximate surface area is 163 Å². The van der Waals surface area contributed by atoms with E-state index in [-0.39, 0.29) is 28.7 Å². The first-order valence-electron chi connectivity index (χ1n) is 11.0. The van der Waals surface area contributed by atoms with Crippen molar-refractivity contribution in [3.63, 3.8) is 0 Å². The quantitative estimate of drug-likeness (QED) is 0.501. The van der Waals surface area contributed by atoms with Crippen LogP contribution in [-0.2, 0) is 19.0 Å². The lowest BCUT2D eigenvalue weighted by Gasteiger charge is -2.60. The molecule has 4 fully saturated rings. The molecule has 1 saturated heterocycles. The van der Waals surface area contributed by atoms with Crippen LogP contribution in [0.25, 0.3) is 0 Å². The van der Waals surface area contributed by atoms with E-state index in [0.717, 1.165) is 37.9 Å². The maximum Gasteiger partial charge on any atom is 0.303 e. The molecule has 0 radical (unpaired) electrons. The fraction of sp³-hybridized carbons (Fsp3) is 0.870. The van der Waals surface area contributed by atoms with Crippen molar-refractivity contribution in [1.29, 1.82) is 0 Å². The highest BCUT2D eigenvalue weighted by Crippen LogP contribution is 2.68. The van der Waals surface area contributed by atoms with Crippen LogP contribution in [0.3, 0.4) is 0 Å². The maximum absolute atomic E-state index is 11.4. The van der Waals surface area contributed by atoms with E-state index in [9.17, 15) is 4.79 Å². The summed E-state index contributed by atoms with van der Waals surface area (Å²) in [5.41, 5.74) is 0.417. The maximum atomic E-state index is 11.4. The monoisotopic (exact) mass is 374 g/mol. The number of carbonyl (C=O) groups excluding carboxylic acids is 1. The zero-order valence-corrected chi connectivity index (χ0v) is 17.0. The molecule has 1 heterocycles. The zero-order valence-electron chi connectivity index (χ0n) is 17.0. The van der Waals surface area contributed by atoms with Crippen LogP contribution in [0.2, 0.25) is 0 Å². The van der Waals surface area contributed by atoms with E-state index in [1.807, 2.05) is 0 Å². The Kier molecular flexibility index (Phi) is 4.08. The molecule has 5 aliphatic rings. The molecule has 4 heteroatoms. The Morgan fingerprint density at radius 2 is 1.78 bits per heavy atom. The highest BCUT2D eigenvalue weighted by atomic mass is 16.7. The van der Waals surface area contributed by atoms with Crippen LogP contribution < -0.4 is 0 Å². The highest BCUT2D eigenvalue weighted by Gasteiger charge is 2.67. The standard InChI is InChI=1S/C23H34O4/c1-15(24)27-17-6-9-21(2)16(14-17)4-5-18-19(21)7-10-22(3)20(18)8-11-23(22)25-12-13-26-23/h6,9,16-20H,4-5,7-8,10-14H2,1-3H3/t16?,17?,18?,19?,20?,21-,22-/m0/s1. The molecule has 1 aliphatic heterocycles. The summed E-state index contributed by atoms with van der Waals surface area (Å²) in [6.45, 7) is 7.97. The van der Waals surface area contributed by atoms with Gasteiger partial charge in [0.2, 0.25) is 0 Å². The molecule has 4 aliphatic carbocycles. The summed E-state index contributed by atoms with van der Waals surface area (Å²) in [7, 11) is 0. The first-order valence-corrected chi connectivity index (χ1v) is 11.0. The van der Waals surface area contributed by atoms with Crippen LogP contribution >= 0.6 is 0 Å². The van der Waals surface area contributed by atoms with Gasteiger partial charge in [-0.3, -0.25) is 4.79 Å². The Morgan fingerprint density at radius 3 is 2.52 bits per heavy atom. The topological polar surface area (TPSA) is 44.8 Å². The van der Waals surface area contributed by atoms with Gasteiger partial charge < -0.3 is 14.2 Å². The number of allylic oxidation sites excluding steroid dienone is 1. The first kappa shape index (κ1) is 18.2. The average Bonchev–Trinajstić information content (AvgIpc) is 3.21. The number of hydrogen-bond acceptors (Lipinski definition) is 4. The van der Waals surface area contributed by atoms with E-state index in [1.54, 1.807) is 0 Å². The van der Waals surface area contributed by atoms with E-state index in [0.29, 0.717) is 11.8 Å². The second-order valence-corrected chi connectivity index (χ2v) is 10.2. The number of ether oxygens (including phenoxy) is 3. The molecular formula is C23H34O4. The molecule has 7 atom stereocenters. The molecule has 0 amide bonds. The van der Waals surface area contributed by atoms with Crippen LogP contribution in [0.15, 0.2) is 12.2 Å². The van der Waals surface area contributed by atoms with Gasteiger partial charge >= 0.3 is 5.97 Å². The molecule has 5 rings (SSSR count). The lowest BCUT2D eigenvalue weighted by molar-refractivity contribution is -0.245. The van der Waals surface area contributed by atoms with Crippen molar-refractivity contribution in [3.8, 4) is 0 Å². The Bertz CT molecular complexity index is 651. The van der Waals surface area contributed by atoms with Crippen molar-refractivity contribution in [2.45, 2.75) is 77.6 Å². The SMILES string of the molecule is CC(=O)OC1C=C[C@@]2(C)C(CCC3C2CC[C@@]2(C)C3CCC23OCCO3)C1. The third-order valence-corrected chi connectivity index (χ3v) is 9.27. The van der Waals surface area contributed by atoms with Crippen molar-refractivity contribution in [3.05, 3.63) is 12.2 Å². The molecule has 3 saturated carbocycles. The van der Waals surface area contributed by atoms with E-state index < -0.39 is 0 Å². The lowest BCUT2D eigenvalue weighted by Crippen LogP contribution is -2.56. The van der Waals surface area contributed by atoms with Crippen LogP contribution in [0.1, 0.15) is 65.7 Å². The summed E-state index contributed by atoms with van der Waals surface area (Å²) in [4.78, 5) is 11.4. The number of fused-ring (bicyclic) bond motifs is 6. The predicted molar refractivity (Wildman–Crippen MR) is 102 cm³/mol. The number of carbonyl (C=O) groups is 1. The molecule has 4 nitrogen and oxygen atoms in total. The minimum absolute atomic E-state index is 0.0268. The minimum atomic E-state index is -0.302. The van der Waals surface area contributed by atoms with E-state index in [4.69, 9.17) is 14.2 Å². The molecule has 0 aromatic carbocycles. The number of esters is 1. The van der Waals surface area contributed by atoms with Gasteiger partial charge in [-0.05, 0) is 73.7 Å². The molecule has 0 aromatic rings. The van der Waals surface area contributed by atoms with Gasteiger partial charge in [0.1, 0.15) is 6.10 Å². The Morgan fingerprint density at radius 1 is 1.04 bits per heavy atom. The third kappa shape index (κ3) is 2.45. The van der Waals surface area contributed by atoms with Gasteiger partial charge in [0.25, 0.3) is 0 Å². The predicted octanol–water partition coefficient (Wildman–Crippen LogP) is 4.48. The summed E-state index contributed by atoms with van der Waals surface area (Å²) in [6.07, 6.45) is 12.9. The first-order chi connectivity index (χ1) is 12.9. The summed E-state index contributed by atoms with van der Waals surface area (Å²) in [6, 6.07) is 0. The highest BCUT2D eigenvalue weighted by molar-refractivity contribution is 5.66. The fourth-order valence-electron chi connectivity index (χ4n) is 7.96. The van der Waals surface area contributed by atoms with Gasteiger partial charge in [0.15, 0.2) is 5.79 Å². The number of rotatable bonds is 1. The van der Waals surface area contributed by atoms with E-state index in [2.05, 4.69) is 26.0 Å². The zero-order chi connectivity index (χ0) is 18.9. The number of hydrogen-bond donors (Lipinski definition) is 0. The van der Waals surface area contributed by atoms with Crippen LogP contribution in [0, 0.1) is 34.5 Å². The van der Waals surface area contributed by atoms with Gasteiger partial charge in [0.05, 0.1) is 13.2 Å². The Balaban J connectivity index is 1.41. The second kappa shape index (κ2) is 6.06. The minimum Gasteiger partial charge on any atom is -0.458 e. The summed E-state index contributed by atoms with van der Waals surface area (Å²) in [5.74, 6) is 2.39. The van der Waals surface area contributed by atoms with E-state index in [1.165, 1.54) is 39.0 Å². The third-order valence-electron chi connectivity index (χ3n) is 9.27. The average molecular weight is 375 g/mol. The van der Waals surface area contributed by atoms with Crippen LogP contribution in [0.5, 0.6) is 0 Å². The van der Waals surface area contributed by atoms with Crippen molar-refractivity contribution >= 4 is 5.97 Å². The largest absolute Gasteiger partial charge is 0.458 e.